The Labute approximate surface area is 82.9 Å². The fraction of sp³-hybridized carbons (Fsp3) is 0.364. The summed E-state index contributed by atoms with van der Waals surface area (Å²) < 4.78 is 4.87. The smallest absolute Gasteiger partial charge is 0.131 e. The van der Waals surface area contributed by atoms with Crippen LogP contribution in [0.15, 0.2) is 29.0 Å². The molecule has 3 heteroatoms. The molecule has 2 aromatic rings. The number of hydrogen-bond donors (Lipinski definition) is 1. The average molecular weight is 190 g/mol. The molecule has 0 bridgehead atoms. The van der Waals surface area contributed by atoms with E-state index in [9.17, 15) is 0 Å². The van der Waals surface area contributed by atoms with E-state index >= 15 is 0 Å². The fourth-order valence-corrected chi connectivity index (χ4v) is 1.54. The van der Waals surface area contributed by atoms with E-state index in [1.54, 1.807) is 6.26 Å². The van der Waals surface area contributed by atoms with Crippen molar-refractivity contribution in [2.24, 2.45) is 5.73 Å². The summed E-state index contributed by atoms with van der Waals surface area (Å²) in [6.07, 6.45) is 2.49. The van der Waals surface area contributed by atoms with Crippen molar-refractivity contribution in [3.8, 4) is 0 Å². The van der Waals surface area contributed by atoms with Crippen LogP contribution in [-0.2, 0) is 6.42 Å². The van der Waals surface area contributed by atoms with E-state index < -0.39 is 0 Å². The van der Waals surface area contributed by atoms with Gasteiger partial charge in [0.1, 0.15) is 11.8 Å². The van der Waals surface area contributed by atoms with Gasteiger partial charge in [-0.05, 0) is 38.0 Å². The lowest BCUT2D eigenvalue weighted by molar-refractivity contribution is 0.428. The molecular weight excluding hydrogens is 176 g/mol. The molecular formula is C11H14N2O. The van der Waals surface area contributed by atoms with Gasteiger partial charge in [0, 0.05) is 10.9 Å². The molecule has 2 N–H and O–H groups in total. The van der Waals surface area contributed by atoms with Gasteiger partial charge in [0.05, 0.1) is 0 Å². The topological polar surface area (TPSA) is 52.0 Å². The van der Waals surface area contributed by atoms with Gasteiger partial charge in [0.15, 0.2) is 0 Å². The molecule has 0 fully saturated rings. The molecule has 0 aliphatic heterocycles. The van der Waals surface area contributed by atoms with Crippen LogP contribution >= 0.6 is 0 Å². The lowest BCUT2D eigenvalue weighted by Gasteiger charge is -2.17. The minimum atomic E-state index is -0.183. The third kappa shape index (κ3) is 1.93. The Morgan fingerprint density at radius 3 is 2.93 bits per heavy atom. The largest absolute Gasteiger partial charge is 0.364 e. The zero-order valence-corrected chi connectivity index (χ0v) is 8.45. The van der Waals surface area contributed by atoms with Gasteiger partial charge in [-0.1, -0.05) is 11.2 Å². The highest BCUT2D eigenvalue weighted by molar-refractivity contribution is 5.77. The van der Waals surface area contributed by atoms with Crippen molar-refractivity contribution in [1.29, 1.82) is 0 Å². The number of hydrogen-bond acceptors (Lipinski definition) is 3. The molecule has 0 saturated heterocycles. The fourth-order valence-electron chi connectivity index (χ4n) is 1.54. The van der Waals surface area contributed by atoms with Crippen molar-refractivity contribution >= 4 is 10.9 Å². The maximum Gasteiger partial charge on any atom is 0.131 e. The summed E-state index contributed by atoms with van der Waals surface area (Å²) >= 11 is 0. The second-order valence-electron chi connectivity index (χ2n) is 4.37. The first kappa shape index (κ1) is 9.21. The Morgan fingerprint density at radius 1 is 1.43 bits per heavy atom. The third-order valence-electron chi connectivity index (χ3n) is 2.09. The molecule has 2 rings (SSSR count). The maximum absolute atomic E-state index is 5.94. The van der Waals surface area contributed by atoms with E-state index in [0.717, 1.165) is 17.3 Å². The summed E-state index contributed by atoms with van der Waals surface area (Å²) in [6, 6.07) is 6.09. The molecule has 0 amide bonds. The van der Waals surface area contributed by atoms with Crippen LogP contribution in [0.2, 0.25) is 0 Å². The van der Waals surface area contributed by atoms with E-state index in [-0.39, 0.29) is 5.54 Å². The molecule has 14 heavy (non-hydrogen) atoms. The summed E-state index contributed by atoms with van der Waals surface area (Å²) in [6.45, 7) is 4.03. The van der Waals surface area contributed by atoms with Gasteiger partial charge in [-0.15, -0.1) is 0 Å². The van der Waals surface area contributed by atoms with Crippen LogP contribution in [0.1, 0.15) is 19.4 Å². The first-order valence-corrected chi connectivity index (χ1v) is 4.66. The lowest BCUT2D eigenvalue weighted by atomic mass is 9.96. The Morgan fingerprint density at radius 2 is 2.21 bits per heavy atom. The predicted molar refractivity (Wildman–Crippen MR) is 56.0 cm³/mol. The van der Waals surface area contributed by atoms with E-state index in [1.807, 2.05) is 26.0 Å². The van der Waals surface area contributed by atoms with Gasteiger partial charge in [0.2, 0.25) is 0 Å². The summed E-state index contributed by atoms with van der Waals surface area (Å²) in [5.41, 5.74) is 7.85. The lowest BCUT2D eigenvalue weighted by Crippen LogP contribution is -2.34. The second kappa shape index (κ2) is 3.10. The average Bonchev–Trinajstić information content (AvgIpc) is 2.47. The van der Waals surface area contributed by atoms with Gasteiger partial charge >= 0.3 is 0 Å². The SMILES string of the molecule is CC(C)(N)Cc1ccc2conc2c1. The summed E-state index contributed by atoms with van der Waals surface area (Å²) in [5.74, 6) is 0. The molecule has 0 radical (unpaired) electrons. The zero-order valence-electron chi connectivity index (χ0n) is 8.45. The molecule has 0 aliphatic carbocycles. The van der Waals surface area contributed by atoms with Crippen LogP contribution in [-0.4, -0.2) is 10.7 Å². The van der Waals surface area contributed by atoms with Crippen molar-refractivity contribution in [1.82, 2.24) is 5.16 Å². The highest BCUT2D eigenvalue weighted by Crippen LogP contribution is 2.17. The highest BCUT2D eigenvalue weighted by Gasteiger charge is 2.12. The number of nitrogens with zero attached hydrogens (tertiary/aromatic N) is 1. The van der Waals surface area contributed by atoms with Crippen LogP contribution in [0.3, 0.4) is 0 Å². The third-order valence-corrected chi connectivity index (χ3v) is 2.09. The Balaban J connectivity index is 2.35. The Kier molecular flexibility index (Phi) is 2.04. The molecule has 1 aromatic carbocycles. The van der Waals surface area contributed by atoms with Crippen molar-refractivity contribution in [2.75, 3.05) is 0 Å². The molecule has 0 saturated carbocycles. The van der Waals surface area contributed by atoms with Gasteiger partial charge in [-0.25, -0.2) is 0 Å². The second-order valence-corrected chi connectivity index (χ2v) is 4.37. The van der Waals surface area contributed by atoms with E-state index in [2.05, 4.69) is 11.2 Å². The van der Waals surface area contributed by atoms with E-state index in [4.69, 9.17) is 10.3 Å². The molecule has 0 spiro atoms. The van der Waals surface area contributed by atoms with Crippen molar-refractivity contribution in [2.45, 2.75) is 25.8 Å². The molecule has 74 valence electrons. The van der Waals surface area contributed by atoms with Crippen molar-refractivity contribution in [3.05, 3.63) is 30.0 Å². The first-order valence-electron chi connectivity index (χ1n) is 4.66. The number of aromatic nitrogens is 1. The standard InChI is InChI=1S/C11H14N2O/c1-11(2,12)6-8-3-4-9-7-14-13-10(9)5-8/h3-5,7H,6,12H2,1-2H3. The normalized spacial score (nSPS) is 12.2. The van der Waals surface area contributed by atoms with Crippen LogP contribution in [0.5, 0.6) is 0 Å². The van der Waals surface area contributed by atoms with Gasteiger partial charge in [-0.2, -0.15) is 0 Å². The molecule has 0 unspecified atom stereocenters. The molecule has 1 aromatic heterocycles. The quantitative estimate of drug-likeness (QED) is 0.789. The van der Waals surface area contributed by atoms with Gasteiger partial charge < -0.3 is 10.3 Å². The first-order chi connectivity index (χ1) is 6.54. The van der Waals surface area contributed by atoms with Gasteiger partial charge in [0.25, 0.3) is 0 Å². The van der Waals surface area contributed by atoms with Crippen LogP contribution in [0.25, 0.3) is 10.9 Å². The molecule has 3 nitrogen and oxygen atoms in total. The Hall–Kier alpha value is -1.35. The number of nitrogens with two attached hydrogens (primary N) is 1. The maximum atomic E-state index is 5.94. The summed E-state index contributed by atoms with van der Waals surface area (Å²) in [5, 5.41) is 4.92. The highest BCUT2D eigenvalue weighted by atomic mass is 16.5. The van der Waals surface area contributed by atoms with E-state index in [1.165, 1.54) is 5.56 Å². The zero-order chi connectivity index (χ0) is 10.2. The van der Waals surface area contributed by atoms with E-state index in [0.29, 0.717) is 0 Å². The molecule has 0 atom stereocenters. The van der Waals surface area contributed by atoms with Crippen LogP contribution in [0.4, 0.5) is 0 Å². The van der Waals surface area contributed by atoms with Crippen LogP contribution in [0, 0.1) is 0 Å². The molecule has 1 heterocycles. The minimum Gasteiger partial charge on any atom is -0.364 e. The van der Waals surface area contributed by atoms with Gasteiger partial charge in [-0.3, -0.25) is 0 Å². The number of rotatable bonds is 2. The molecule has 0 aliphatic rings. The monoisotopic (exact) mass is 190 g/mol. The summed E-state index contributed by atoms with van der Waals surface area (Å²) in [4.78, 5) is 0. The summed E-state index contributed by atoms with van der Waals surface area (Å²) in [7, 11) is 0. The predicted octanol–water partition coefficient (Wildman–Crippen LogP) is 2.11. The number of benzene rings is 1. The minimum absolute atomic E-state index is 0.183. The Bertz CT molecular complexity index is 440. The van der Waals surface area contributed by atoms with Crippen molar-refractivity contribution in [3.63, 3.8) is 0 Å². The van der Waals surface area contributed by atoms with Crippen molar-refractivity contribution < 1.29 is 4.52 Å². The number of fused-ring (bicyclic) bond motifs is 1. The van der Waals surface area contributed by atoms with Crippen LogP contribution < -0.4 is 5.73 Å².